The number of carbonyl (C=O) groups is 3. The first-order valence-corrected chi connectivity index (χ1v) is 10.9. The maximum atomic E-state index is 12.3. The van der Waals surface area contributed by atoms with Crippen LogP contribution >= 0.6 is 0 Å². The smallest absolute Gasteiger partial charge is 0.251 e. The topological polar surface area (TPSA) is 87.3 Å². The minimum Gasteiger partial charge on any atom is -0.350 e. The van der Waals surface area contributed by atoms with Crippen molar-refractivity contribution >= 4 is 28.5 Å². The van der Waals surface area contributed by atoms with E-state index in [9.17, 15) is 14.4 Å². The first-order chi connectivity index (χ1) is 15.5. The largest absolute Gasteiger partial charge is 0.350 e. The van der Waals surface area contributed by atoms with Crippen LogP contribution in [-0.4, -0.2) is 30.3 Å². The lowest BCUT2D eigenvalue weighted by atomic mass is 10.0. The molecule has 0 radical (unpaired) electrons. The molecule has 1 unspecified atom stereocenters. The number of carbonyl (C=O) groups excluding carboxylic acids is 3. The molecule has 32 heavy (non-hydrogen) atoms. The Balaban J connectivity index is 1.47. The van der Waals surface area contributed by atoms with Gasteiger partial charge in [0, 0.05) is 18.2 Å². The van der Waals surface area contributed by atoms with E-state index >= 15 is 0 Å². The number of hydrogen-bond acceptors (Lipinski definition) is 3. The average molecular weight is 432 g/mol. The summed E-state index contributed by atoms with van der Waals surface area (Å²) in [6.07, 6.45) is 1.07. The number of nitrogens with one attached hydrogen (secondary N) is 3. The lowest BCUT2D eigenvalue weighted by Gasteiger charge is -2.12. The van der Waals surface area contributed by atoms with Crippen molar-refractivity contribution in [3.63, 3.8) is 0 Å². The van der Waals surface area contributed by atoms with Crippen LogP contribution in [0.3, 0.4) is 0 Å². The molecule has 6 nitrogen and oxygen atoms in total. The second-order valence-corrected chi connectivity index (χ2v) is 7.85. The monoisotopic (exact) mass is 431 g/mol. The second kappa shape index (κ2) is 11.1. The van der Waals surface area contributed by atoms with Crippen molar-refractivity contribution in [1.29, 1.82) is 0 Å². The lowest BCUT2D eigenvalue weighted by Crippen LogP contribution is -2.37. The fourth-order valence-electron chi connectivity index (χ4n) is 3.36. The molecule has 0 aliphatic carbocycles. The molecule has 1 atom stereocenters. The lowest BCUT2D eigenvalue weighted by molar-refractivity contribution is -0.125. The van der Waals surface area contributed by atoms with Gasteiger partial charge in [0.2, 0.25) is 11.8 Å². The molecule has 6 heteroatoms. The SMILES string of the molecule is CCC(C)NC(=O)c1cccc(CNC(=O)CNC(=O)Cc2cccc3ccccc23)c1. The number of amides is 3. The first kappa shape index (κ1) is 23.0. The van der Waals surface area contributed by atoms with Crippen LogP contribution in [0.25, 0.3) is 10.8 Å². The summed E-state index contributed by atoms with van der Waals surface area (Å²) < 4.78 is 0. The molecule has 0 bridgehead atoms. The van der Waals surface area contributed by atoms with E-state index in [2.05, 4.69) is 16.0 Å². The van der Waals surface area contributed by atoms with Gasteiger partial charge in [-0.2, -0.15) is 0 Å². The second-order valence-electron chi connectivity index (χ2n) is 7.85. The van der Waals surface area contributed by atoms with E-state index in [4.69, 9.17) is 0 Å². The molecular weight excluding hydrogens is 402 g/mol. The Kier molecular flexibility index (Phi) is 7.97. The molecule has 3 N–H and O–H groups in total. The van der Waals surface area contributed by atoms with Crippen molar-refractivity contribution in [2.45, 2.75) is 39.3 Å². The summed E-state index contributed by atoms with van der Waals surface area (Å²) in [6.45, 7) is 4.15. The predicted molar refractivity (Wildman–Crippen MR) is 126 cm³/mol. The maximum absolute atomic E-state index is 12.3. The van der Waals surface area contributed by atoms with Crippen molar-refractivity contribution < 1.29 is 14.4 Å². The highest BCUT2D eigenvalue weighted by Gasteiger charge is 2.11. The molecule has 3 amide bonds. The van der Waals surface area contributed by atoms with Gasteiger partial charge in [-0.05, 0) is 47.4 Å². The Labute approximate surface area is 188 Å². The van der Waals surface area contributed by atoms with E-state index in [-0.39, 0.29) is 43.3 Å². The van der Waals surface area contributed by atoms with Crippen LogP contribution in [0, 0.1) is 0 Å². The Morgan fingerprint density at radius 1 is 0.875 bits per heavy atom. The molecule has 0 aliphatic rings. The summed E-state index contributed by atoms with van der Waals surface area (Å²) in [5.41, 5.74) is 2.30. The zero-order valence-electron chi connectivity index (χ0n) is 18.5. The zero-order valence-corrected chi connectivity index (χ0v) is 18.5. The van der Waals surface area contributed by atoms with E-state index in [1.54, 1.807) is 18.2 Å². The highest BCUT2D eigenvalue weighted by Crippen LogP contribution is 2.18. The molecule has 3 aromatic rings. The van der Waals surface area contributed by atoms with E-state index in [1.165, 1.54) is 0 Å². The van der Waals surface area contributed by atoms with Crippen molar-refractivity contribution in [2.24, 2.45) is 0 Å². The minimum atomic E-state index is -0.286. The summed E-state index contributed by atoms with van der Waals surface area (Å²) in [7, 11) is 0. The van der Waals surface area contributed by atoms with E-state index < -0.39 is 0 Å². The van der Waals surface area contributed by atoms with E-state index in [0.29, 0.717) is 5.56 Å². The molecule has 0 aliphatic heterocycles. The Morgan fingerprint density at radius 2 is 1.62 bits per heavy atom. The molecule has 3 rings (SSSR count). The van der Waals surface area contributed by atoms with Gasteiger partial charge in [0.05, 0.1) is 13.0 Å². The van der Waals surface area contributed by atoms with Gasteiger partial charge in [-0.15, -0.1) is 0 Å². The van der Waals surface area contributed by atoms with Gasteiger partial charge < -0.3 is 16.0 Å². The molecule has 0 saturated heterocycles. The fourth-order valence-corrected chi connectivity index (χ4v) is 3.36. The van der Waals surface area contributed by atoms with Crippen LogP contribution in [0.5, 0.6) is 0 Å². The number of fused-ring (bicyclic) bond motifs is 1. The van der Waals surface area contributed by atoms with Gasteiger partial charge in [-0.3, -0.25) is 14.4 Å². The Bertz CT molecular complexity index is 1100. The average Bonchev–Trinajstić information content (AvgIpc) is 2.81. The quantitative estimate of drug-likeness (QED) is 0.486. The molecule has 0 spiro atoms. The van der Waals surface area contributed by atoms with Gasteiger partial charge in [-0.25, -0.2) is 0 Å². The fraction of sp³-hybridized carbons (Fsp3) is 0.269. The maximum Gasteiger partial charge on any atom is 0.251 e. The molecule has 0 fully saturated rings. The number of benzene rings is 3. The third-order valence-electron chi connectivity index (χ3n) is 5.35. The number of rotatable bonds is 9. The van der Waals surface area contributed by atoms with Gasteiger partial charge in [0.25, 0.3) is 5.91 Å². The Morgan fingerprint density at radius 3 is 2.44 bits per heavy atom. The van der Waals surface area contributed by atoms with E-state index in [1.807, 2.05) is 62.4 Å². The molecule has 0 aromatic heterocycles. The standard InChI is InChI=1S/C26H29N3O3/c1-3-18(2)29-26(32)22-12-6-8-19(14-22)16-27-25(31)17-28-24(30)15-21-11-7-10-20-9-4-5-13-23(20)21/h4-14,18H,3,15-17H2,1-2H3,(H,27,31)(H,28,30)(H,29,32). The van der Waals surface area contributed by atoms with Crippen molar-refractivity contribution in [1.82, 2.24) is 16.0 Å². The van der Waals surface area contributed by atoms with Crippen molar-refractivity contribution in [3.8, 4) is 0 Å². The normalized spacial score (nSPS) is 11.6. The summed E-state index contributed by atoms with van der Waals surface area (Å²) in [6, 6.07) is 21.0. The van der Waals surface area contributed by atoms with Crippen molar-refractivity contribution in [2.75, 3.05) is 6.54 Å². The third-order valence-corrected chi connectivity index (χ3v) is 5.35. The number of hydrogen-bond donors (Lipinski definition) is 3. The summed E-state index contributed by atoms with van der Waals surface area (Å²) >= 11 is 0. The third kappa shape index (κ3) is 6.41. The van der Waals surface area contributed by atoms with Gasteiger partial charge >= 0.3 is 0 Å². The summed E-state index contributed by atoms with van der Waals surface area (Å²) in [5.74, 6) is -0.626. The molecule has 0 heterocycles. The zero-order chi connectivity index (χ0) is 22.9. The summed E-state index contributed by atoms with van der Waals surface area (Å²) in [4.78, 5) is 36.8. The van der Waals surface area contributed by atoms with Crippen LogP contribution in [-0.2, 0) is 22.6 Å². The highest BCUT2D eigenvalue weighted by atomic mass is 16.2. The van der Waals surface area contributed by atoms with Gasteiger partial charge in [-0.1, -0.05) is 61.5 Å². The molecule has 3 aromatic carbocycles. The highest BCUT2D eigenvalue weighted by molar-refractivity contribution is 5.94. The molecule has 166 valence electrons. The van der Waals surface area contributed by atoms with Gasteiger partial charge in [0.1, 0.15) is 0 Å². The molecule has 0 saturated carbocycles. The van der Waals surface area contributed by atoms with E-state index in [0.717, 1.165) is 28.3 Å². The van der Waals surface area contributed by atoms with Crippen LogP contribution in [0.2, 0.25) is 0 Å². The van der Waals surface area contributed by atoms with Crippen molar-refractivity contribution in [3.05, 3.63) is 83.4 Å². The first-order valence-electron chi connectivity index (χ1n) is 10.9. The van der Waals surface area contributed by atoms with Gasteiger partial charge in [0.15, 0.2) is 0 Å². The van der Waals surface area contributed by atoms with Crippen LogP contribution in [0.4, 0.5) is 0 Å². The molecular formula is C26H29N3O3. The predicted octanol–water partition coefficient (Wildman–Crippen LogP) is 3.34. The van der Waals surface area contributed by atoms with Crippen LogP contribution < -0.4 is 16.0 Å². The summed E-state index contributed by atoms with van der Waals surface area (Å²) in [5, 5.41) is 10.5. The van der Waals surface area contributed by atoms with Crippen LogP contribution in [0.1, 0.15) is 41.8 Å². The Hall–Kier alpha value is -3.67. The minimum absolute atomic E-state index is 0.0994. The van der Waals surface area contributed by atoms with Crippen LogP contribution in [0.15, 0.2) is 66.7 Å².